The van der Waals surface area contributed by atoms with Crippen LogP contribution in [0.15, 0.2) is 0 Å². The van der Waals surface area contributed by atoms with E-state index in [0.717, 1.165) is 18.0 Å². The van der Waals surface area contributed by atoms with Gasteiger partial charge in [-0.25, -0.2) is 0 Å². The van der Waals surface area contributed by atoms with Crippen LogP contribution in [0.5, 0.6) is 0 Å². The van der Waals surface area contributed by atoms with Crippen molar-refractivity contribution in [3.63, 3.8) is 0 Å². The fourth-order valence-electron chi connectivity index (χ4n) is 3.07. The molecule has 0 amide bonds. The summed E-state index contributed by atoms with van der Waals surface area (Å²) >= 11 is 0. The van der Waals surface area contributed by atoms with Crippen molar-refractivity contribution in [1.29, 1.82) is 0 Å². The first-order valence-corrected chi connectivity index (χ1v) is 6.58. The molecule has 3 atom stereocenters. The molecule has 0 radical (unpaired) electrons. The standard InChI is InChI=1S/C13H28N2/c1-6-12(7-2)15-9-8-13(14-5)10(3)11(15)4/h10-14H,6-9H2,1-5H3. The van der Waals surface area contributed by atoms with E-state index in [1.807, 2.05) is 0 Å². The molecule has 1 aliphatic rings. The maximum Gasteiger partial charge on any atom is 0.0117 e. The van der Waals surface area contributed by atoms with Crippen LogP contribution in [0.2, 0.25) is 0 Å². The van der Waals surface area contributed by atoms with Crippen molar-refractivity contribution in [2.75, 3.05) is 13.6 Å². The SMILES string of the molecule is CCC(CC)N1CCC(NC)C(C)C1C. The van der Waals surface area contributed by atoms with Crippen LogP contribution in [-0.2, 0) is 0 Å². The van der Waals surface area contributed by atoms with Gasteiger partial charge in [-0.05, 0) is 39.2 Å². The van der Waals surface area contributed by atoms with Crippen molar-refractivity contribution in [3.8, 4) is 0 Å². The van der Waals surface area contributed by atoms with Gasteiger partial charge in [-0.15, -0.1) is 0 Å². The first-order chi connectivity index (χ1) is 7.15. The Morgan fingerprint density at radius 3 is 2.33 bits per heavy atom. The molecule has 1 heterocycles. The minimum atomic E-state index is 0.714. The Bertz CT molecular complexity index is 177. The lowest BCUT2D eigenvalue weighted by atomic mass is 9.85. The first-order valence-electron chi connectivity index (χ1n) is 6.58. The van der Waals surface area contributed by atoms with Crippen molar-refractivity contribution < 1.29 is 0 Å². The highest BCUT2D eigenvalue weighted by Crippen LogP contribution is 2.27. The summed E-state index contributed by atoms with van der Waals surface area (Å²) in [5.74, 6) is 0.768. The molecule has 2 heteroatoms. The number of nitrogens with one attached hydrogen (secondary N) is 1. The third kappa shape index (κ3) is 2.73. The van der Waals surface area contributed by atoms with Gasteiger partial charge in [0.25, 0.3) is 0 Å². The number of hydrogen-bond acceptors (Lipinski definition) is 2. The topological polar surface area (TPSA) is 15.3 Å². The Morgan fingerprint density at radius 1 is 1.27 bits per heavy atom. The number of hydrogen-bond donors (Lipinski definition) is 1. The molecule has 0 aromatic carbocycles. The minimum absolute atomic E-state index is 0.714. The summed E-state index contributed by atoms with van der Waals surface area (Å²) in [5.41, 5.74) is 0. The Kier molecular flexibility index (Phi) is 5.07. The largest absolute Gasteiger partial charge is 0.317 e. The van der Waals surface area contributed by atoms with E-state index in [0.29, 0.717) is 6.04 Å². The second kappa shape index (κ2) is 5.86. The monoisotopic (exact) mass is 212 g/mol. The van der Waals surface area contributed by atoms with Gasteiger partial charge >= 0.3 is 0 Å². The zero-order valence-electron chi connectivity index (χ0n) is 11.1. The lowest BCUT2D eigenvalue weighted by Gasteiger charge is -2.46. The Labute approximate surface area is 95.4 Å². The molecule has 1 rings (SSSR count). The molecule has 2 nitrogen and oxygen atoms in total. The Hall–Kier alpha value is -0.0800. The highest BCUT2D eigenvalue weighted by molar-refractivity contribution is 4.90. The van der Waals surface area contributed by atoms with Crippen molar-refractivity contribution in [2.45, 2.75) is 65.1 Å². The number of nitrogens with zero attached hydrogens (tertiary/aromatic N) is 1. The van der Waals surface area contributed by atoms with Gasteiger partial charge in [-0.1, -0.05) is 20.8 Å². The summed E-state index contributed by atoms with van der Waals surface area (Å²) < 4.78 is 0. The molecule has 1 saturated heterocycles. The van der Waals surface area contributed by atoms with Crippen LogP contribution in [0.25, 0.3) is 0 Å². The summed E-state index contributed by atoms with van der Waals surface area (Å²) in [6.07, 6.45) is 3.88. The highest BCUT2D eigenvalue weighted by atomic mass is 15.2. The van der Waals surface area contributed by atoms with Crippen molar-refractivity contribution >= 4 is 0 Å². The first kappa shape index (κ1) is 13.0. The molecule has 90 valence electrons. The number of likely N-dealkylation sites (tertiary alicyclic amines) is 1. The van der Waals surface area contributed by atoms with E-state index in [1.54, 1.807) is 0 Å². The van der Waals surface area contributed by atoms with Gasteiger partial charge in [0, 0.05) is 24.7 Å². The molecule has 0 saturated carbocycles. The summed E-state index contributed by atoms with van der Waals surface area (Å²) in [5, 5.41) is 3.45. The van der Waals surface area contributed by atoms with E-state index >= 15 is 0 Å². The predicted molar refractivity (Wildman–Crippen MR) is 67.2 cm³/mol. The van der Waals surface area contributed by atoms with Crippen LogP contribution in [0.4, 0.5) is 0 Å². The average Bonchev–Trinajstić information content (AvgIpc) is 2.26. The van der Waals surface area contributed by atoms with Crippen molar-refractivity contribution in [1.82, 2.24) is 10.2 Å². The summed E-state index contributed by atoms with van der Waals surface area (Å²) in [4.78, 5) is 2.72. The van der Waals surface area contributed by atoms with Crippen LogP contribution in [0.3, 0.4) is 0 Å². The third-order valence-corrected chi connectivity index (χ3v) is 4.40. The smallest absolute Gasteiger partial charge is 0.0117 e. The molecule has 0 aromatic heterocycles. The van der Waals surface area contributed by atoms with Crippen LogP contribution in [0.1, 0.15) is 47.0 Å². The van der Waals surface area contributed by atoms with E-state index in [1.165, 1.54) is 25.8 Å². The normalized spacial score (nSPS) is 33.6. The summed E-state index contributed by atoms with van der Waals surface area (Å²) in [6, 6.07) is 2.23. The number of rotatable bonds is 4. The van der Waals surface area contributed by atoms with Crippen LogP contribution in [0, 0.1) is 5.92 Å². The fraction of sp³-hybridized carbons (Fsp3) is 1.00. The second-order valence-electron chi connectivity index (χ2n) is 4.99. The molecular weight excluding hydrogens is 184 g/mol. The van der Waals surface area contributed by atoms with Gasteiger partial charge in [-0.3, -0.25) is 4.90 Å². The molecule has 0 aromatic rings. The lowest BCUT2D eigenvalue weighted by molar-refractivity contribution is 0.0453. The fourth-order valence-corrected chi connectivity index (χ4v) is 3.07. The molecule has 0 bridgehead atoms. The molecule has 15 heavy (non-hydrogen) atoms. The van der Waals surface area contributed by atoms with Crippen LogP contribution in [-0.4, -0.2) is 36.6 Å². The lowest BCUT2D eigenvalue weighted by Crippen LogP contribution is -2.55. The zero-order valence-corrected chi connectivity index (χ0v) is 11.1. The second-order valence-corrected chi connectivity index (χ2v) is 4.99. The van der Waals surface area contributed by atoms with E-state index in [2.05, 4.69) is 45.0 Å². The van der Waals surface area contributed by atoms with E-state index in [9.17, 15) is 0 Å². The zero-order chi connectivity index (χ0) is 11.4. The van der Waals surface area contributed by atoms with Gasteiger partial charge in [0.1, 0.15) is 0 Å². The van der Waals surface area contributed by atoms with Crippen molar-refractivity contribution in [2.24, 2.45) is 5.92 Å². The van der Waals surface area contributed by atoms with E-state index < -0.39 is 0 Å². The maximum atomic E-state index is 3.45. The Morgan fingerprint density at radius 2 is 1.87 bits per heavy atom. The van der Waals surface area contributed by atoms with Crippen molar-refractivity contribution in [3.05, 3.63) is 0 Å². The predicted octanol–water partition coefficient (Wildman–Crippen LogP) is 2.49. The third-order valence-electron chi connectivity index (χ3n) is 4.40. The van der Waals surface area contributed by atoms with Gasteiger partial charge in [0.05, 0.1) is 0 Å². The van der Waals surface area contributed by atoms with Crippen LogP contribution < -0.4 is 5.32 Å². The molecule has 1 aliphatic heterocycles. The molecule has 1 fully saturated rings. The number of piperidine rings is 1. The van der Waals surface area contributed by atoms with Gasteiger partial charge in [-0.2, -0.15) is 0 Å². The van der Waals surface area contributed by atoms with E-state index in [-0.39, 0.29) is 0 Å². The quantitative estimate of drug-likeness (QED) is 0.770. The maximum absolute atomic E-state index is 3.45. The average molecular weight is 212 g/mol. The Balaban J connectivity index is 2.62. The summed E-state index contributed by atoms with van der Waals surface area (Å²) in [7, 11) is 2.10. The van der Waals surface area contributed by atoms with Gasteiger partial charge in [0.15, 0.2) is 0 Å². The van der Waals surface area contributed by atoms with Gasteiger partial charge < -0.3 is 5.32 Å². The molecular formula is C13H28N2. The molecule has 0 aliphatic carbocycles. The minimum Gasteiger partial charge on any atom is -0.317 e. The highest BCUT2D eigenvalue weighted by Gasteiger charge is 2.33. The van der Waals surface area contributed by atoms with Crippen LogP contribution >= 0.6 is 0 Å². The van der Waals surface area contributed by atoms with Gasteiger partial charge in [0.2, 0.25) is 0 Å². The molecule has 0 spiro atoms. The summed E-state index contributed by atoms with van der Waals surface area (Å²) in [6.45, 7) is 10.7. The molecule has 3 unspecified atom stereocenters. The molecule has 1 N–H and O–H groups in total. The van der Waals surface area contributed by atoms with E-state index in [4.69, 9.17) is 0 Å².